The van der Waals surface area contributed by atoms with E-state index in [-0.39, 0.29) is 5.54 Å². The lowest BCUT2D eigenvalue weighted by Crippen LogP contribution is -2.56. The second kappa shape index (κ2) is 4.27. The van der Waals surface area contributed by atoms with Crippen molar-refractivity contribution >= 4 is 5.69 Å². The SMILES string of the molecule is CC1Cc2ccccc2N(C(C)(CN)C2CC2)C1. The van der Waals surface area contributed by atoms with Gasteiger partial charge in [-0.25, -0.2) is 0 Å². The van der Waals surface area contributed by atoms with E-state index >= 15 is 0 Å². The lowest BCUT2D eigenvalue weighted by molar-refractivity contribution is 0.346. The van der Waals surface area contributed by atoms with Crippen LogP contribution in [0.15, 0.2) is 24.3 Å². The minimum atomic E-state index is 0.158. The molecule has 1 saturated carbocycles. The van der Waals surface area contributed by atoms with Gasteiger partial charge >= 0.3 is 0 Å². The summed E-state index contributed by atoms with van der Waals surface area (Å²) >= 11 is 0. The van der Waals surface area contributed by atoms with E-state index in [1.807, 2.05) is 0 Å². The molecule has 1 aliphatic heterocycles. The molecule has 2 N–H and O–H groups in total. The van der Waals surface area contributed by atoms with Gasteiger partial charge in [0.1, 0.15) is 0 Å². The summed E-state index contributed by atoms with van der Waals surface area (Å²) in [5.41, 5.74) is 9.22. The molecule has 1 heterocycles. The summed E-state index contributed by atoms with van der Waals surface area (Å²) in [5.74, 6) is 1.52. The first-order valence-corrected chi connectivity index (χ1v) is 7.21. The number of nitrogens with two attached hydrogens (primary N) is 1. The molecule has 0 aromatic heterocycles. The van der Waals surface area contributed by atoms with Crippen LogP contribution >= 0.6 is 0 Å². The minimum absolute atomic E-state index is 0.158. The molecule has 2 heteroatoms. The van der Waals surface area contributed by atoms with Crippen molar-refractivity contribution in [2.24, 2.45) is 17.6 Å². The summed E-state index contributed by atoms with van der Waals surface area (Å²) in [5, 5.41) is 0. The number of para-hydroxylation sites is 1. The van der Waals surface area contributed by atoms with E-state index in [1.165, 1.54) is 30.5 Å². The Kier molecular flexibility index (Phi) is 2.86. The molecule has 3 rings (SSSR count). The highest BCUT2D eigenvalue weighted by Gasteiger charge is 2.46. The molecule has 0 amide bonds. The summed E-state index contributed by atoms with van der Waals surface area (Å²) in [7, 11) is 0. The summed E-state index contributed by atoms with van der Waals surface area (Å²) in [4.78, 5) is 2.61. The van der Waals surface area contributed by atoms with Gasteiger partial charge in [-0.3, -0.25) is 0 Å². The van der Waals surface area contributed by atoms with E-state index in [2.05, 4.69) is 43.0 Å². The van der Waals surface area contributed by atoms with Gasteiger partial charge in [0.25, 0.3) is 0 Å². The Bertz CT molecular complexity index is 438. The first-order valence-electron chi connectivity index (χ1n) is 7.21. The van der Waals surface area contributed by atoms with Crippen molar-refractivity contribution in [3.8, 4) is 0 Å². The van der Waals surface area contributed by atoms with Crippen LogP contribution in [0.1, 0.15) is 32.3 Å². The van der Waals surface area contributed by atoms with Crippen LogP contribution in [0.25, 0.3) is 0 Å². The Hall–Kier alpha value is -1.02. The molecule has 0 radical (unpaired) electrons. The molecular weight excluding hydrogens is 220 g/mol. The molecule has 0 spiro atoms. The highest BCUT2D eigenvalue weighted by atomic mass is 15.2. The quantitative estimate of drug-likeness (QED) is 0.886. The molecule has 0 bridgehead atoms. The monoisotopic (exact) mass is 244 g/mol. The third-order valence-corrected chi connectivity index (χ3v) is 4.83. The maximum Gasteiger partial charge on any atom is 0.0524 e. The van der Waals surface area contributed by atoms with Gasteiger partial charge in [0.15, 0.2) is 0 Å². The molecule has 1 aliphatic carbocycles. The Balaban J connectivity index is 2.01. The molecular formula is C16H24N2. The molecule has 1 fully saturated rings. The summed E-state index contributed by atoms with van der Waals surface area (Å²) in [6, 6.07) is 8.87. The van der Waals surface area contributed by atoms with Gasteiger partial charge in [0.05, 0.1) is 5.54 Å². The zero-order valence-electron chi connectivity index (χ0n) is 11.5. The lowest BCUT2D eigenvalue weighted by Gasteiger charge is -2.47. The van der Waals surface area contributed by atoms with Gasteiger partial charge in [-0.05, 0) is 49.7 Å². The van der Waals surface area contributed by atoms with E-state index in [1.54, 1.807) is 0 Å². The van der Waals surface area contributed by atoms with Gasteiger partial charge in [-0.1, -0.05) is 25.1 Å². The van der Waals surface area contributed by atoms with Crippen molar-refractivity contribution in [2.75, 3.05) is 18.0 Å². The predicted octanol–water partition coefficient (Wildman–Crippen LogP) is 2.81. The second-order valence-corrected chi connectivity index (χ2v) is 6.38. The number of anilines is 1. The van der Waals surface area contributed by atoms with Crippen LogP contribution in [0.5, 0.6) is 0 Å². The van der Waals surface area contributed by atoms with E-state index < -0.39 is 0 Å². The van der Waals surface area contributed by atoms with Crippen LogP contribution in [0.4, 0.5) is 5.69 Å². The highest BCUT2D eigenvalue weighted by Crippen LogP contribution is 2.46. The average Bonchev–Trinajstić information content (AvgIpc) is 3.21. The van der Waals surface area contributed by atoms with Crippen LogP contribution in [-0.2, 0) is 6.42 Å². The maximum absolute atomic E-state index is 6.14. The number of hydrogen-bond donors (Lipinski definition) is 1. The predicted molar refractivity (Wildman–Crippen MR) is 76.8 cm³/mol. The van der Waals surface area contributed by atoms with Gasteiger partial charge in [-0.2, -0.15) is 0 Å². The number of hydrogen-bond acceptors (Lipinski definition) is 2. The molecule has 18 heavy (non-hydrogen) atoms. The molecule has 0 saturated heterocycles. The largest absolute Gasteiger partial charge is 0.364 e. The summed E-state index contributed by atoms with van der Waals surface area (Å²) < 4.78 is 0. The Morgan fingerprint density at radius 2 is 2.06 bits per heavy atom. The molecule has 2 atom stereocenters. The Morgan fingerprint density at radius 3 is 2.72 bits per heavy atom. The molecule has 2 nitrogen and oxygen atoms in total. The number of rotatable bonds is 3. The van der Waals surface area contributed by atoms with E-state index in [0.29, 0.717) is 0 Å². The van der Waals surface area contributed by atoms with Crippen LogP contribution in [0.3, 0.4) is 0 Å². The second-order valence-electron chi connectivity index (χ2n) is 6.38. The topological polar surface area (TPSA) is 29.3 Å². The summed E-state index contributed by atoms with van der Waals surface area (Å²) in [6.07, 6.45) is 3.90. The molecule has 1 aromatic rings. The third kappa shape index (κ3) is 1.83. The smallest absolute Gasteiger partial charge is 0.0524 e. The number of fused-ring (bicyclic) bond motifs is 1. The van der Waals surface area contributed by atoms with Crippen molar-refractivity contribution in [1.29, 1.82) is 0 Å². The molecule has 2 aliphatic rings. The molecule has 98 valence electrons. The first-order chi connectivity index (χ1) is 8.65. The van der Waals surface area contributed by atoms with Gasteiger partial charge in [0, 0.05) is 18.8 Å². The van der Waals surface area contributed by atoms with Crippen molar-refractivity contribution in [2.45, 2.75) is 38.6 Å². The fourth-order valence-electron chi connectivity index (χ4n) is 3.48. The van der Waals surface area contributed by atoms with Crippen molar-refractivity contribution in [3.05, 3.63) is 29.8 Å². The molecule has 2 unspecified atom stereocenters. The fourth-order valence-corrected chi connectivity index (χ4v) is 3.48. The Labute approximate surface area is 110 Å². The van der Waals surface area contributed by atoms with Crippen LogP contribution in [-0.4, -0.2) is 18.6 Å². The van der Waals surface area contributed by atoms with E-state index in [0.717, 1.165) is 24.9 Å². The van der Waals surface area contributed by atoms with Crippen molar-refractivity contribution in [3.63, 3.8) is 0 Å². The maximum atomic E-state index is 6.14. The normalized spacial score (nSPS) is 26.6. The van der Waals surface area contributed by atoms with Crippen LogP contribution in [0.2, 0.25) is 0 Å². The minimum Gasteiger partial charge on any atom is -0.364 e. The summed E-state index contributed by atoms with van der Waals surface area (Å²) in [6.45, 7) is 6.63. The lowest BCUT2D eigenvalue weighted by atomic mass is 9.86. The zero-order chi connectivity index (χ0) is 12.8. The van der Waals surface area contributed by atoms with Crippen LogP contribution in [0, 0.1) is 11.8 Å². The highest BCUT2D eigenvalue weighted by molar-refractivity contribution is 5.58. The zero-order valence-corrected chi connectivity index (χ0v) is 11.5. The third-order valence-electron chi connectivity index (χ3n) is 4.83. The van der Waals surface area contributed by atoms with Crippen LogP contribution < -0.4 is 10.6 Å². The van der Waals surface area contributed by atoms with E-state index in [4.69, 9.17) is 5.73 Å². The number of nitrogens with zero attached hydrogens (tertiary/aromatic N) is 1. The standard InChI is InChI=1S/C16H24N2/c1-12-9-13-5-3-4-6-15(13)18(10-12)16(2,11-17)14-7-8-14/h3-6,12,14H,7-11,17H2,1-2H3. The van der Waals surface area contributed by atoms with E-state index in [9.17, 15) is 0 Å². The first kappa shape index (κ1) is 12.0. The van der Waals surface area contributed by atoms with Gasteiger partial charge < -0.3 is 10.6 Å². The van der Waals surface area contributed by atoms with Gasteiger partial charge in [0.2, 0.25) is 0 Å². The Morgan fingerprint density at radius 1 is 1.33 bits per heavy atom. The van der Waals surface area contributed by atoms with Crippen molar-refractivity contribution in [1.82, 2.24) is 0 Å². The van der Waals surface area contributed by atoms with Crippen molar-refractivity contribution < 1.29 is 0 Å². The molecule has 1 aromatic carbocycles. The number of benzene rings is 1. The fraction of sp³-hybridized carbons (Fsp3) is 0.625. The average molecular weight is 244 g/mol. The van der Waals surface area contributed by atoms with Gasteiger partial charge in [-0.15, -0.1) is 0 Å².